The Morgan fingerprint density at radius 1 is 1.41 bits per heavy atom. The Hall–Kier alpha value is -1.68. The Labute approximate surface area is 104 Å². The molecular formula is C12H12ClN3O. The van der Waals surface area contributed by atoms with Gasteiger partial charge >= 0.3 is 0 Å². The first-order chi connectivity index (χ1) is 8.09. The SMILES string of the molecule is CC(=O)c1nnn(Cc2ccccc2Cl)c1C. The average Bonchev–Trinajstić information content (AvgIpc) is 2.64. The van der Waals surface area contributed by atoms with Crippen LogP contribution in [-0.4, -0.2) is 20.8 Å². The molecule has 0 saturated carbocycles. The third-order valence-corrected chi connectivity index (χ3v) is 2.96. The van der Waals surface area contributed by atoms with Crippen LogP contribution in [0.3, 0.4) is 0 Å². The van der Waals surface area contributed by atoms with E-state index in [1.807, 2.05) is 31.2 Å². The Morgan fingerprint density at radius 3 is 2.71 bits per heavy atom. The van der Waals surface area contributed by atoms with Crippen molar-refractivity contribution in [2.24, 2.45) is 0 Å². The van der Waals surface area contributed by atoms with Crippen LogP contribution in [0.1, 0.15) is 28.7 Å². The Morgan fingerprint density at radius 2 is 2.12 bits per heavy atom. The molecule has 0 fully saturated rings. The number of Topliss-reactive ketones (excluding diaryl/α,β-unsaturated/α-hetero) is 1. The number of carbonyl (C=O) groups is 1. The summed E-state index contributed by atoms with van der Waals surface area (Å²) in [6.07, 6.45) is 0. The van der Waals surface area contributed by atoms with E-state index in [4.69, 9.17) is 11.6 Å². The first-order valence-corrected chi connectivity index (χ1v) is 5.62. The van der Waals surface area contributed by atoms with Crippen LogP contribution >= 0.6 is 11.6 Å². The zero-order valence-corrected chi connectivity index (χ0v) is 10.4. The van der Waals surface area contributed by atoms with Gasteiger partial charge < -0.3 is 0 Å². The van der Waals surface area contributed by atoms with Crippen molar-refractivity contribution in [3.05, 3.63) is 46.2 Å². The molecule has 4 nitrogen and oxygen atoms in total. The lowest BCUT2D eigenvalue weighted by Crippen LogP contribution is -2.05. The van der Waals surface area contributed by atoms with E-state index in [1.54, 1.807) is 4.68 Å². The van der Waals surface area contributed by atoms with E-state index in [9.17, 15) is 4.79 Å². The highest BCUT2D eigenvalue weighted by Crippen LogP contribution is 2.17. The largest absolute Gasteiger partial charge is 0.293 e. The van der Waals surface area contributed by atoms with Crippen LogP contribution in [0.25, 0.3) is 0 Å². The molecule has 0 atom stereocenters. The number of carbonyl (C=O) groups excluding carboxylic acids is 1. The summed E-state index contributed by atoms with van der Waals surface area (Å²) in [7, 11) is 0. The van der Waals surface area contributed by atoms with Gasteiger partial charge in [-0.2, -0.15) is 0 Å². The van der Waals surface area contributed by atoms with Gasteiger partial charge in [-0.15, -0.1) is 5.10 Å². The van der Waals surface area contributed by atoms with Gasteiger partial charge in [0.1, 0.15) is 0 Å². The lowest BCUT2D eigenvalue weighted by atomic mass is 10.2. The van der Waals surface area contributed by atoms with Crippen molar-refractivity contribution in [1.29, 1.82) is 0 Å². The number of hydrogen-bond donors (Lipinski definition) is 0. The lowest BCUT2D eigenvalue weighted by Gasteiger charge is -2.05. The highest BCUT2D eigenvalue weighted by Gasteiger charge is 2.13. The molecule has 5 heteroatoms. The van der Waals surface area contributed by atoms with Gasteiger partial charge in [-0.05, 0) is 18.6 Å². The van der Waals surface area contributed by atoms with Gasteiger partial charge in [0.15, 0.2) is 11.5 Å². The molecule has 1 aromatic heterocycles. The second-order valence-electron chi connectivity index (χ2n) is 3.83. The Balaban J connectivity index is 2.31. The normalized spacial score (nSPS) is 10.5. The first-order valence-electron chi connectivity index (χ1n) is 5.24. The van der Waals surface area contributed by atoms with Crippen molar-refractivity contribution >= 4 is 17.4 Å². The van der Waals surface area contributed by atoms with Gasteiger partial charge in [-0.3, -0.25) is 4.79 Å². The fourth-order valence-corrected chi connectivity index (χ4v) is 1.82. The predicted octanol–water partition coefficient (Wildman–Crippen LogP) is 2.49. The van der Waals surface area contributed by atoms with E-state index in [0.29, 0.717) is 17.3 Å². The minimum absolute atomic E-state index is 0.0760. The molecule has 0 bridgehead atoms. The van der Waals surface area contributed by atoms with Crippen molar-refractivity contribution in [3.63, 3.8) is 0 Å². The van der Waals surface area contributed by atoms with Gasteiger partial charge in [0.25, 0.3) is 0 Å². The molecular weight excluding hydrogens is 238 g/mol. The molecule has 17 heavy (non-hydrogen) atoms. The van der Waals surface area contributed by atoms with Gasteiger partial charge in [-0.25, -0.2) is 4.68 Å². The average molecular weight is 250 g/mol. The fourth-order valence-electron chi connectivity index (χ4n) is 1.62. The van der Waals surface area contributed by atoms with Crippen molar-refractivity contribution < 1.29 is 4.79 Å². The van der Waals surface area contributed by atoms with Crippen LogP contribution in [0.5, 0.6) is 0 Å². The van der Waals surface area contributed by atoms with E-state index < -0.39 is 0 Å². The van der Waals surface area contributed by atoms with Crippen molar-refractivity contribution in [2.75, 3.05) is 0 Å². The molecule has 0 unspecified atom stereocenters. The molecule has 0 N–H and O–H groups in total. The number of rotatable bonds is 3. The number of nitrogens with zero attached hydrogens (tertiary/aromatic N) is 3. The maximum atomic E-state index is 11.3. The summed E-state index contributed by atoms with van der Waals surface area (Å²) in [4.78, 5) is 11.3. The van der Waals surface area contributed by atoms with Crippen LogP contribution < -0.4 is 0 Å². The number of benzene rings is 1. The number of hydrogen-bond acceptors (Lipinski definition) is 3. The molecule has 2 rings (SSSR count). The monoisotopic (exact) mass is 249 g/mol. The summed E-state index contributed by atoms with van der Waals surface area (Å²) in [5.41, 5.74) is 2.13. The van der Waals surface area contributed by atoms with Gasteiger partial charge in [-0.1, -0.05) is 35.0 Å². The molecule has 0 aliphatic carbocycles. The minimum Gasteiger partial charge on any atom is -0.293 e. The van der Waals surface area contributed by atoms with Crippen LogP contribution in [-0.2, 0) is 6.54 Å². The number of ketones is 1. The molecule has 88 valence electrons. The van der Waals surface area contributed by atoms with E-state index in [2.05, 4.69) is 10.3 Å². The molecule has 0 amide bonds. The molecule has 0 saturated heterocycles. The van der Waals surface area contributed by atoms with Crippen molar-refractivity contribution in [3.8, 4) is 0 Å². The van der Waals surface area contributed by atoms with Crippen LogP contribution in [0.4, 0.5) is 0 Å². The second kappa shape index (κ2) is 4.67. The summed E-state index contributed by atoms with van der Waals surface area (Å²) >= 11 is 6.07. The number of aromatic nitrogens is 3. The summed E-state index contributed by atoms with van der Waals surface area (Å²) in [5, 5.41) is 8.51. The maximum Gasteiger partial charge on any atom is 0.181 e. The smallest absolute Gasteiger partial charge is 0.181 e. The van der Waals surface area contributed by atoms with Crippen molar-refractivity contribution in [2.45, 2.75) is 20.4 Å². The minimum atomic E-state index is -0.0760. The standard InChI is InChI=1S/C12H12ClN3O/c1-8-12(9(2)17)14-15-16(8)7-10-5-3-4-6-11(10)13/h3-6H,7H2,1-2H3. The van der Waals surface area contributed by atoms with Crippen LogP contribution in [0, 0.1) is 6.92 Å². The second-order valence-corrected chi connectivity index (χ2v) is 4.24. The third-order valence-electron chi connectivity index (χ3n) is 2.59. The van der Waals surface area contributed by atoms with E-state index in [1.165, 1.54) is 6.92 Å². The highest BCUT2D eigenvalue weighted by molar-refractivity contribution is 6.31. The molecule has 0 spiro atoms. The lowest BCUT2D eigenvalue weighted by molar-refractivity contribution is 0.101. The molecule has 0 aliphatic heterocycles. The Kier molecular flexibility index (Phi) is 3.24. The first kappa shape index (κ1) is 11.8. The summed E-state index contributed by atoms with van der Waals surface area (Å²) in [6, 6.07) is 7.55. The van der Waals surface area contributed by atoms with E-state index in [0.717, 1.165) is 11.3 Å². The zero-order chi connectivity index (χ0) is 12.4. The topological polar surface area (TPSA) is 47.8 Å². The fraction of sp³-hybridized carbons (Fsp3) is 0.250. The molecule has 1 aromatic carbocycles. The molecule has 2 aromatic rings. The number of halogens is 1. The zero-order valence-electron chi connectivity index (χ0n) is 9.64. The third kappa shape index (κ3) is 2.36. The molecule has 0 aliphatic rings. The Bertz CT molecular complexity index is 563. The van der Waals surface area contributed by atoms with E-state index >= 15 is 0 Å². The van der Waals surface area contributed by atoms with Gasteiger partial charge in [0.05, 0.1) is 12.2 Å². The molecule has 0 radical (unpaired) electrons. The quantitative estimate of drug-likeness (QED) is 0.786. The maximum absolute atomic E-state index is 11.3. The predicted molar refractivity (Wildman–Crippen MR) is 65.3 cm³/mol. The van der Waals surface area contributed by atoms with E-state index in [-0.39, 0.29) is 5.78 Å². The van der Waals surface area contributed by atoms with Crippen molar-refractivity contribution in [1.82, 2.24) is 15.0 Å². The summed E-state index contributed by atoms with van der Waals surface area (Å²) < 4.78 is 1.68. The molecule has 1 heterocycles. The highest BCUT2D eigenvalue weighted by atomic mass is 35.5. The van der Waals surface area contributed by atoms with Gasteiger partial charge in [0.2, 0.25) is 0 Å². The summed E-state index contributed by atoms with van der Waals surface area (Å²) in [6.45, 7) is 3.83. The van der Waals surface area contributed by atoms with Crippen LogP contribution in [0.2, 0.25) is 5.02 Å². The summed E-state index contributed by atoms with van der Waals surface area (Å²) in [5.74, 6) is -0.0760. The van der Waals surface area contributed by atoms with Crippen LogP contribution in [0.15, 0.2) is 24.3 Å². The van der Waals surface area contributed by atoms with Gasteiger partial charge in [0, 0.05) is 11.9 Å².